The standard InChI is InChI=1S/C7H8NO5PS/c8-4-2-5(14(11,12)13)3(7(9)10)1-6(4)15/h1-2,15H,8H2,(H,9,10)(H2,11,12,13). The lowest BCUT2D eigenvalue weighted by Gasteiger charge is -2.10. The molecule has 0 aliphatic rings. The first-order chi connectivity index (χ1) is 6.73. The van der Waals surface area contributed by atoms with Crippen molar-refractivity contribution >= 4 is 37.2 Å². The third-order valence-corrected chi connectivity index (χ3v) is 3.07. The highest BCUT2D eigenvalue weighted by molar-refractivity contribution is 7.80. The number of benzene rings is 1. The van der Waals surface area contributed by atoms with Crippen LogP contribution in [0.2, 0.25) is 0 Å². The zero-order valence-electron chi connectivity index (χ0n) is 7.28. The lowest BCUT2D eigenvalue weighted by Crippen LogP contribution is -2.17. The molecule has 6 nitrogen and oxygen atoms in total. The van der Waals surface area contributed by atoms with E-state index in [-0.39, 0.29) is 10.6 Å². The number of anilines is 1. The maximum atomic E-state index is 11.0. The third-order valence-electron chi connectivity index (χ3n) is 1.69. The minimum Gasteiger partial charge on any atom is -0.478 e. The van der Waals surface area contributed by atoms with Crippen molar-refractivity contribution in [3.63, 3.8) is 0 Å². The maximum Gasteiger partial charge on any atom is 0.357 e. The monoisotopic (exact) mass is 249 g/mol. The molecule has 0 saturated carbocycles. The van der Waals surface area contributed by atoms with Crippen LogP contribution in [0.5, 0.6) is 0 Å². The molecule has 0 atom stereocenters. The predicted molar refractivity (Wildman–Crippen MR) is 56.7 cm³/mol. The molecule has 0 aliphatic carbocycles. The summed E-state index contributed by atoms with van der Waals surface area (Å²) in [6, 6.07) is 1.93. The summed E-state index contributed by atoms with van der Waals surface area (Å²) in [5, 5.41) is 8.12. The molecule has 1 rings (SSSR count). The van der Waals surface area contributed by atoms with Gasteiger partial charge >= 0.3 is 13.6 Å². The van der Waals surface area contributed by atoms with Crippen molar-refractivity contribution in [2.45, 2.75) is 4.90 Å². The van der Waals surface area contributed by atoms with Gasteiger partial charge in [-0.3, -0.25) is 4.57 Å². The van der Waals surface area contributed by atoms with Gasteiger partial charge in [-0.15, -0.1) is 12.6 Å². The number of thiol groups is 1. The molecule has 1 aromatic carbocycles. The Morgan fingerprint density at radius 2 is 1.93 bits per heavy atom. The van der Waals surface area contributed by atoms with Crippen LogP contribution < -0.4 is 11.0 Å². The Morgan fingerprint density at radius 3 is 2.33 bits per heavy atom. The van der Waals surface area contributed by atoms with E-state index in [9.17, 15) is 9.36 Å². The van der Waals surface area contributed by atoms with Crippen molar-refractivity contribution in [2.75, 3.05) is 5.73 Å². The number of rotatable bonds is 2. The summed E-state index contributed by atoms with van der Waals surface area (Å²) < 4.78 is 11.0. The predicted octanol–water partition coefficient (Wildman–Crippen LogP) is 0.0587. The van der Waals surface area contributed by atoms with E-state index in [0.717, 1.165) is 12.1 Å². The number of nitrogens with two attached hydrogens (primary N) is 1. The average Bonchev–Trinajstić information content (AvgIpc) is 2.06. The molecule has 8 heteroatoms. The second-order valence-corrected chi connectivity index (χ2v) is 4.83. The molecule has 0 fully saturated rings. The molecular weight excluding hydrogens is 241 g/mol. The van der Waals surface area contributed by atoms with Crippen LogP contribution in [0.15, 0.2) is 17.0 Å². The molecule has 0 amide bonds. The number of hydrogen-bond donors (Lipinski definition) is 5. The van der Waals surface area contributed by atoms with Crippen LogP contribution in [0.25, 0.3) is 0 Å². The lowest BCUT2D eigenvalue weighted by molar-refractivity contribution is 0.0697. The van der Waals surface area contributed by atoms with Gasteiger partial charge in [0.15, 0.2) is 0 Å². The van der Waals surface area contributed by atoms with Crippen LogP contribution in [-0.2, 0) is 4.57 Å². The number of nitrogen functional groups attached to an aromatic ring is 1. The smallest absolute Gasteiger partial charge is 0.357 e. The lowest BCUT2D eigenvalue weighted by atomic mass is 10.2. The molecule has 0 heterocycles. The Labute approximate surface area is 90.3 Å². The van der Waals surface area contributed by atoms with Crippen LogP contribution in [-0.4, -0.2) is 20.9 Å². The highest BCUT2D eigenvalue weighted by Gasteiger charge is 2.26. The van der Waals surface area contributed by atoms with Gasteiger partial charge in [0.1, 0.15) is 0 Å². The van der Waals surface area contributed by atoms with Gasteiger partial charge in [-0.1, -0.05) is 0 Å². The maximum absolute atomic E-state index is 11.0. The van der Waals surface area contributed by atoms with Gasteiger partial charge in [-0.2, -0.15) is 0 Å². The summed E-state index contributed by atoms with van der Waals surface area (Å²) in [4.78, 5) is 28.7. The van der Waals surface area contributed by atoms with Gasteiger partial charge in [0.25, 0.3) is 0 Å². The number of carboxylic acid groups (broad SMARTS) is 1. The molecule has 82 valence electrons. The molecular formula is C7H8NO5PS. The van der Waals surface area contributed by atoms with E-state index in [0.29, 0.717) is 0 Å². The molecule has 0 aromatic heterocycles. The fourth-order valence-corrected chi connectivity index (χ4v) is 1.98. The highest BCUT2D eigenvalue weighted by Crippen LogP contribution is 2.36. The van der Waals surface area contributed by atoms with Crippen molar-refractivity contribution in [1.82, 2.24) is 0 Å². The number of carbonyl (C=O) groups is 1. The first-order valence-corrected chi connectivity index (χ1v) is 5.71. The minimum atomic E-state index is -4.65. The summed E-state index contributed by atoms with van der Waals surface area (Å²) in [5.41, 5.74) is 4.89. The van der Waals surface area contributed by atoms with Crippen LogP contribution in [0, 0.1) is 0 Å². The van der Waals surface area contributed by atoms with Crippen molar-refractivity contribution in [1.29, 1.82) is 0 Å². The summed E-state index contributed by atoms with van der Waals surface area (Å²) in [5.74, 6) is -1.44. The van der Waals surface area contributed by atoms with Gasteiger partial charge in [-0.05, 0) is 12.1 Å². The molecule has 0 unspecified atom stereocenters. The normalized spacial score (nSPS) is 11.4. The van der Waals surface area contributed by atoms with E-state index in [1.165, 1.54) is 0 Å². The molecule has 5 N–H and O–H groups in total. The Balaban J connectivity index is 3.56. The Hall–Kier alpha value is -1.01. The largest absolute Gasteiger partial charge is 0.478 e. The van der Waals surface area contributed by atoms with Crippen molar-refractivity contribution < 1.29 is 24.3 Å². The molecule has 0 radical (unpaired) electrons. The quantitative estimate of drug-likeness (QED) is 0.287. The molecule has 0 aliphatic heterocycles. The molecule has 0 bridgehead atoms. The molecule has 0 saturated heterocycles. The number of aromatic carboxylic acids is 1. The van der Waals surface area contributed by atoms with Crippen LogP contribution in [0.1, 0.15) is 10.4 Å². The van der Waals surface area contributed by atoms with Gasteiger partial charge in [0.05, 0.1) is 10.9 Å². The van der Waals surface area contributed by atoms with E-state index in [4.69, 9.17) is 20.6 Å². The summed E-state index contributed by atoms with van der Waals surface area (Å²) >= 11 is 3.86. The van der Waals surface area contributed by atoms with E-state index >= 15 is 0 Å². The highest BCUT2D eigenvalue weighted by atomic mass is 32.1. The first-order valence-electron chi connectivity index (χ1n) is 3.65. The first kappa shape index (κ1) is 12.1. The zero-order chi connectivity index (χ0) is 11.8. The average molecular weight is 249 g/mol. The summed E-state index contributed by atoms with van der Waals surface area (Å²) in [6.45, 7) is 0. The summed E-state index contributed by atoms with van der Waals surface area (Å²) in [7, 11) is -4.65. The zero-order valence-corrected chi connectivity index (χ0v) is 9.07. The van der Waals surface area contributed by atoms with E-state index in [1.807, 2.05) is 0 Å². The van der Waals surface area contributed by atoms with Crippen LogP contribution in [0.4, 0.5) is 5.69 Å². The minimum absolute atomic E-state index is 0.0154. The second-order valence-electron chi connectivity index (χ2n) is 2.78. The second kappa shape index (κ2) is 3.86. The SMILES string of the molecule is Nc1cc(P(=O)(O)O)c(C(=O)O)cc1S. The van der Waals surface area contributed by atoms with Crippen molar-refractivity contribution in [3.05, 3.63) is 17.7 Å². The van der Waals surface area contributed by atoms with Crippen molar-refractivity contribution in [3.8, 4) is 0 Å². The van der Waals surface area contributed by atoms with Crippen LogP contribution in [0.3, 0.4) is 0 Å². The fourth-order valence-electron chi connectivity index (χ4n) is 1.01. The Morgan fingerprint density at radius 1 is 1.40 bits per heavy atom. The third kappa shape index (κ3) is 2.51. The van der Waals surface area contributed by atoms with E-state index < -0.39 is 24.4 Å². The van der Waals surface area contributed by atoms with Crippen molar-refractivity contribution in [2.24, 2.45) is 0 Å². The molecule has 0 spiro atoms. The Bertz CT molecular complexity index is 469. The van der Waals surface area contributed by atoms with Crippen LogP contribution >= 0.6 is 20.2 Å². The Kier molecular flexibility index (Phi) is 3.11. The van der Waals surface area contributed by atoms with E-state index in [2.05, 4.69) is 12.6 Å². The van der Waals surface area contributed by atoms with Gasteiger partial charge in [0, 0.05) is 10.6 Å². The molecule has 15 heavy (non-hydrogen) atoms. The number of hydrogen-bond acceptors (Lipinski definition) is 4. The van der Waals surface area contributed by atoms with E-state index in [1.54, 1.807) is 0 Å². The van der Waals surface area contributed by atoms with Gasteiger partial charge in [-0.25, -0.2) is 4.79 Å². The van der Waals surface area contributed by atoms with Gasteiger partial charge < -0.3 is 20.6 Å². The topological polar surface area (TPSA) is 121 Å². The summed E-state index contributed by atoms with van der Waals surface area (Å²) in [6.07, 6.45) is 0. The fraction of sp³-hybridized carbons (Fsp3) is 0. The van der Waals surface area contributed by atoms with Gasteiger partial charge in [0.2, 0.25) is 0 Å². The number of carboxylic acids is 1. The molecule has 1 aromatic rings.